The lowest BCUT2D eigenvalue weighted by Crippen LogP contribution is -2.54. The Balaban J connectivity index is 0.932. The second kappa shape index (κ2) is 14.9. The van der Waals surface area contributed by atoms with Crippen LogP contribution in [0.25, 0.3) is 11.3 Å². The van der Waals surface area contributed by atoms with Gasteiger partial charge in [-0.25, -0.2) is 9.78 Å². The zero-order valence-electron chi connectivity index (χ0n) is 30.1. The van der Waals surface area contributed by atoms with Crippen molar-refractivity contribution in [2.75, 3.05) is 55.6 Å². The summed E-state index contributed by atoms with van der Waals surface area (Å²) < 4.78 is 22.8. The van der Waals surface area contributed by atoms with E-state index < -0.39 is 5.60 Å². The highest BCUT2D eigenvalue weighted by Gasteiger charge is 2.41. The number of aromatic nitrogens is 3. The lowest BCUT2D eigenvalue weighted by Gasteiger charge is -2.43. The number of carbonyl (C=O) groups is 1. The van der Waals surface area contributed by atoms with Crippen LogP contribution in [0, 0.1) is 17.8 Å². The van der Waals surface area contributed by atoms with Crippen molar-refractivity contribution in [2.24, 2.45) is 5.92 Å². The Bertz CT molecular complexity index is 1740. The van der Waals surface area contributed by atoms with Gasteiger partial charge in [0.05, 0.1) is 23.6 Å². The minimum atomic E-state index is -0.478. The Labute approximate surface area is 300 Å². The number of rotatable bonds is 8. The van der Waals surface area contributed by atoms with E-state index >= 15 is 0 Å². The van der Waals surface area contributed by atoms with E-state index in [9.17, 15) is 4.79 Å². The van der Waals surface area contributed by atoms with Gasteiger partial charge in [-0.05, 0) is 95.5 Å². The Morgan fingerprint density at radius 1 is 0.980 bits per heavy atom. The summed E-state index contributed by atoms with van der Waals surface area (Å²) in [6.07, 6.45) is 7.81. The zero-order valence-corrected chi connectivity index (χ0v) is 30.1. The van der Waals surface area contributed by atoms with Crippen molar-refractivity contribution in [1.82, 2.24) is 20.1 Å². The third-order valence-corrected chi connectivity index (χ3v) is 10.1. The zero-order chi connectivity index (χ0) is 35.5. The maximum atomic E-state index is 12.4. The summed E-state index contributed by atoms with van der Waals surface area (Å²) in [7, 11) is 1.60. The molecular formula is C39H49N7O5. The second-order valence-electron chi connectivity index (χ2n) is 15.0. The topological polar surface area (TPSA) is 128 Å². The van der Waals surface area contributed by atoms with Gasteiger partial charge in [0.1, 0.15) is 17.0 Å². The summed E-state index contributed by atoms with van der Waals surface area (Å²) in [6, 6.07) is 14.7. The molecule has 1 saturated carbocycles. The number of methoxy groups -OCH3 is 1. The molecule has 7 rings (SSSR count). The Hall–Kier alpha value is -4.60. The molecule has 2 N–H and O–H groups in total. The molecule has 2 aromatic heterocycles. The molecule has 1 aliphatic carbocycles. The molecule has 3 aliphatic heterocycles. The SMILES string of the molecule is COCOc1ccccc1-c1cc(N2CC3CC[C@H](C2)N3c2ccnc(C#CC3CC(OC4CCN(C(=O)OC(C)(C)C)CC4)C3)c2)c(N)nn1. The van der Waals surface area contributed by atoms with Crippen molar-refractivity contribution < 1.29 is 23.7 Å². The number of hydrogen-bond acceptors (Lipinski definition) is 11. The number of nitrogen functional groups attached to an aromatic ring is 1. The number of nitrogens with zero attached hydrogens (tertiary/aromatic N) is 6. The molecule has 3 aromatic rings. The van der Waals surface area contributed by atoms with E-state index in [1.807, 2.05) is 57.3 Å². The fourth-order valence-corrected chi connectivity index (χ4v) is 7.62. The number of benzene rings is 1. The normalized spacial score (nSPS) is 23.3. The number of para-hydroxylation sites is 1. The smallest absolute Gasteiger partial charge is 0.410 e. The van der Waals surface area contributed by atoms with Crippen molar-refractivity contribution in [1.29, 1.82) is 0 Å². The Morgan fingerprint density at radius 2 is 1.73 bits per heavy atom. The van der Waals surface area contributed by atoms with Crippen LogP contribution in [-0.4, -0.2) is 96.1 Å². The van der Waals surface area contributed by atoms with Crippen LogP contribution in [0.1, 0.15) is 65.0 Å². The van der Waals surface area contributed by atoms with E-state index in [2.05, 4.69) is 49.0 Å². The molecule has 0 spiro atoms. The highest BCUT2D eigenvalue weighted by molar-refractivity contribution is 5.75. The molecule has 5 heterocycles. The van der Waals surface area contributed by atoms with Gasteiger partial charge < -0.3 is 39.4 Å². The van der Waals surface area contributed by atoms with Gasteiger partial charge in [0.15, 0.2) is 12.6 Å². The number of amides is 1. The molecule has 3 saturated heterocycles. The number of piperidine rings is 1. The first-order valence-corrected chi connectivity index (χ1v) is 18.1. The van der Waals surface area contributed by atoms with Gasteiger partial charge in [-0.1, -0.05) is 18.1 Å². The first-order valence-electron chi connectivity index (χ1n) is 18.1. The van der Waals surface area contributed by atoms with E-state index in [1.54, 1.807) is 12.0 Å². The average molecular weight is 696 g/mol. The van der Waals surface area contributed by atoms with Crippen LogP contribution in [0.3, 0.4) is 0 Å². The molecule has 1 unspecified atom stereocenters. The van der Waals surface area contributed by atoms with Crippen molar-refractivity contribution in [3.05, 3.63) is 54.4 Å². The van der Waals surface area contributed by atoms with E-state index in [0.717, 1.165) is 68.6 Å². The number of carbonyl (C=O) groups excluding carboxylic acids is 1. The maximum Gasteiger partial charge on any atom is 0.410 e. The third-order valence-electron chi connectivity index (χ3n) is 10.1. The van der Waals surface area contributed by atoms with E-state index in [4.69, 9.17) is 24.7 Å². The van der Waals surface area contributed by atoms with Gasteiger partial charge >= 0.3 is 6.09 Å². The Morgan fingerprint density at radius 3 is 2.45 bits per heavy atom. The van der Waals surface area contributed by atoms with Gasteiger partial charge in [-0.2, -0.15) is 0 Å². The summed E-state index contributed by atoms with van der Waals surface area (Å²) in [5, 5.41) is 8.76. The first kappa shape index (κ1) is 34.8. The molecule has 51 heavy (non-hydrogen) atoms. The lowest BCUT2D eigenvalue weighted by molar-refractivity contribution is -0.0848. The van der Waals surface area contributed by atoms with Gasteiger partial charge in [0.2, 0.25) is 0 Å². The van der Waals surface area contributed by atoms with Crippen LogP contribution in [0.2, 0.25) is 0 Å². The van der Waals surface area contributed by atoms with E-state index in [0.29, 0.717) is 48.4 Å². The van der Waals surface area contributed by atoms with Crippen molar-refractivity contribution >= 4 is 23.3 Å². The molecular weight excluding hydrogens is 646 g/mol. The summed E-state index contributed by atoms with van der Waals surface area (Å²) in [6.45, 7) is 8.85. The molecule has 12 nitrogen and oxygen atoms in total. The number of hydrogen-bond donors (Lipinski definition) is 1. The Kier molecular flexibility index (Phi) is 10.2. The van der Waals surface area contributed by atoms with Crippen molar-refractivity contribution in [2.45, 2.75) is 89.2 Å². The molecule has 2 bridgehead atoms. The van der Waals surface area contributed by atoms with Gasteiger partial charge in [0.25, 0.3) is 0 Å². The second-order valence-corrected chi connectivity index (χ2v) is 15.0. The fourth-order valence-electron chi connectivity index (χ4n) is 7.62. The molecule has 12 heteroatoms. The van der Waals surface area contributed by atoms with Gasteiger partial charge in [-0.3, -0.25) is 0 Å². The maximum absolute atomic E-state index is 12.4. The minimum Gasteiger partial charge on any atom is -0.467 e. The fraction of sp³-hybridized carbons (Fsp3) is 0.538. The quantitative estimate of drug-likeness (QED) is 0.237. The van der Waals surface area contributed by atoms with Crippen molar-refractivity contribution in [3.8, 4) is 28.8 Å². The summed E-state index contributed by atoms with van der Waals surface area (Å²) in [5.74, 6) is 8.23. The molecule has 270 valence electrons. The predicted molar refractivity (Wildman–Crippen MR) is 195 cm³/mol. The number of anilines is 3. The number of fused-ring (bicyclic) bond motifs is 2. The number of piperazine rings is 1. The molecule has 1 amide bonds. The van der Waals surface area contributed by atoms with Crippen LogP contribution in [0.4, 0.5) is 22.0 Å². The highest BCUT2D eigenvalue weighted by atomic mass is 16.7. The number of likely N-dealkylation sites (tertiary alicyclic amines) is 1. The van der Waals surface area contributed by atoms with Crippen LogP contribution in [-0.2, 0) is 14.2 Å². The van der Waals surface area contributed by atoms with Crippen LogP contribution in [0.5, 0.6) is 5.75 Å². The van der Waals surface area contributed by atoms with Gasteiger partial charge in [-0.15, -0.1) is 10.2 Å². The first-order chi connectivity index (χ1) is 24.6. The highest BCUT2D eigenvalue weighted by Crippen LogP contribution is 2.39. The molecule has 0 radical (unpaired) electrons. The number of pyridine rings is 1. The minimum absolute atomic E-state index is 0.149. The van der Waals surface area contributed by atoms with Crippen molar-refractivity contribution in [3.63, 3.8) is 0 Å². The number of ether oxygens (including phenoxy) is 4. The standard InChI is InChI=1S/C39H49N7O5/c1-39(2,3)51-38(47)44-17-14-31(15-18-44)50-32-19-26(20-32)9-10-27-21-28(13-16-41-27)46-29-11-12-30(46)24-45(23-29)35-22-34(42-43-37(35)40)33-7-5-6-8-36(33)49-25-48-4/h5-8,13,16,21-22,26,29-32H,11-12,14-15,17-20,23-25H2,1-4H3,(H2,40,43)/t26?,29-,30?,32?/m1/s1. The monoisotopic (exact) mass is 695 g/mol. The third kappa shape index (κ3) is 8.16. The summed E-state index contributed by atoms with van der Waals surface area (Å²) >= 11 is 0. The van der Waals surface area contributed by atoms with Crippen LogP contribution < -0.4 is 20.3 Å². The molecule has 4 fully saturated rings. The summed E-state index contributed by atoms with van der Waals surface area (Å²) in [4.78, 5) is 23.7. The number of nitrogens with two attached hydrogens (primary N) is 1. The van der Waals surface area contributed by atoms with Gasteiger partial charge in [0, 0.05) is 68.7 Å². The largest absolute Gasteiger partial charge is 0.467 e. The molecule has 2 atom stereocenters. The molecule has 1 aromatic carbocycles. The average Bonchev–Trinajstić information content (AvgIpc) is 3.37. The lowest BCUT2D eigenvalue weighted by atomic mass is 9.82. The van der Waals surface area contributed by atoms with E-state index in [1.165, 1.54) is 5.69 Å². The molecule has 4 aliphatic rings. The van der Waals surface area contributed by atoms with Crippen LogP contribution >= 0.6 is 0 Å². The predicted octanol–water partition coefficient (Wildman–Crippen LogP) is 5.51. The summed E-state index contributed by atoms with van der Waals surface area (Å²) in [5.41, 5.74) is 10.4. The van der Waals surface area contributed by atoms with E-state index in [-0.39, 0.29) is 25.1 Å². The van der Waals surface area contributed by atoms with Crippen LogP contribution in [0.15, 0.2) is 48.7 Å².